The van der Waals surface area contributed by atoms with Gasteiger partial charge in [-0.25, -0.2) is 4.98 Å². The Morgan fingerprint density at radius 1 is 1.18 bits per heavy atom. The first-order chi connectivity index (χ1) is 13.7. The number of aryl methyl sites for hydroxylation is 1. The smallest absolute Gasteiger partial charge is 0.223 e. The summed E-state index contributed by atoms with van der Waals surface area (Å²) in [4.78, 5) is 21.8. The molecule has 1 saturated heterocycles. The zero-order valence-corrected chi connectivity index (χ0v) is 16.5. The van der Waals surface area contributed by atoms with Gasteiger partial charge in [0.25, 0.3) is 0 Å². The van der Waals surface area contributed by atoms with Gasteiger partial charge in [-0.3, -0.25) is 9.69 Å². The lowest BCUT2D eigenvalue weighted by Crippen LogP contribution is -2.48. The number of imidazole rings is 1. The maximum absolute atomic E-state index is 12.8. The Morgan fingerprint density at radius 2 is 2.00 bits per heavy atom. The fourth-order valence-corrected chi connectivity index (χ4v) is 4.04. The number of rotatable bonds is 6. The first-order valence-electron chi connectivity index (χ1n) is 10.1. The van der Waals surface area contributed by atoms with Crippen LogP contribution in [0, 0.1) is 0 Å². The quantitative estimate of drug-likeness (QED) is 0.662. The lowest BCUT2D eigenvalue weighted by molar-refractivity contribution is -0.133. The molecule has 0 unspecified atom stereocenters. The van der Waals surface area contributed by atoms with Crippen LogP contribution in [-0.4, -0.2) is 51.3 Å². The normalized spacial score (nSPS) is 17.4. The molecule has 0 radical (unpaired) electrons. The molecular weight excluding hydrogens is 348 g/mol. The number of piperidine rings is 1. The third-order valence-electron chi connectivity index (χ3n) is 5.66. The summed E-state index contributed by atoms with van der Waals surface area (Å²) in [6, 6.07) is 16.9. The van der Waals surface area contributed by atoms with E-state index in [4.69, 9.17) is 0 Å². The molecule has 0 bridgehead atoms. The Labute approximate surface area is 166 Å². The van der Waals surface area contributed by atoms with E-state index in [9.17, 15) is 4.79 Å². The van der Waals surface area contributed by atoms with Crippen molar-refractivity contribution in [3.05, 3.63) is 72.2 Å². The number of likely N-dealkylation sites (tertiary alicyclic amines) is 1. The highest BCUT2D eigenvalue weighted by atomic mass is 16.2. The van der Waals surface area contributed by atoms with E-state index < -0.39 is 0 Å². The topological polar surface area (TPSA) is 40.9 Å². The zero-order chi connectivity index (χ0) is 19.3. The Hall–Kier alpha value is -2.66. The van der Waals surface area contributed by atoms with Crippen molar-refractivity contribution in [2.45, 2.75) is 38.3 Å². The second kappa shape index (κ2) is 8.57. The van der Waals surface area contributed by atoms with E-state index in [0.717, 1.165) is 43.8 Å². The molecule has 5 heteroatoms. The number of carbonyl (C=O) groups is 1. The molecule has 0 aliphatic carbocycles. The highest BCUT2D eigenvalue weighted by molar-refractivity contribution is 5.76. The number of carbonyl (C=O) groups excluding carboxylic acids is 1. The van der Waals surface area contributed by atoms with Gasteiger partial charge in [-0.1, -0.05) is 36.4 Å². The highest BCUT2D eigenvalue weighted by Crippen LogP contribution is 2.18. The molecule has 1 aromatic carbocycles. The number of amides is 1. The molecule has 3 heterocycles. The average Bonchev–Trinajstić information content (AvgIpc) is 3.16. The van der Waals surface area contributed by atoms with Gasteiger partial charge in [0.2, 0.25) is 5.91 Å². The molecule has 3 aromatic rings. The molecule has 1 atom stereocenters. The van der Waals surface area contributed by atoms with Crippen LogP contribution in [0.2, 0.25) is 0 Å². The Bertz CT molecular complexity index is 888. The second-order valence-corrected chi connectivity index (χ2v) is 7.73. The Balaban J connectivity index is 1.31. The predicted molar refractivity (Wildman–Crippen MR) is 111 cm³/mol. The summed E-state index contributed by atoms with van der Waals surface area (Å²) >= 11 is 0. The molecule has 1 aliphatic rings. The number of pyridine rings is 1. The van der Waals surface area contributed by atoms with Crippen molar-refractivity contribution < 1.29 is 4.79 Å². The molecule has 146 valence electrons. The van der Waals surface area contributed by atoms with Gasteiger partial charge in [0.1, 0.15) is 5.65 Å². The molecule has 0 saturated carbocycles. The third-order valence-corrected chi connectivity index (χ3v) is 5.66. The van der Waals surface area contributed by atoms with Crippen LogP contribution in [0.5, 0.6) is 0 Å². The van der Waals surface area contributed by atoms with Crippen molar-refractivity contribution in [3.8, 4) is 0 Å². The van der Waals surface area contributed by atoms with Gasteiger partial charge >= 0.3 is 0 Å². The van der Waals surface area contributed by atoms with Crippen LogP contribution < -0.4 is 0 Å². The molecule has 28 heavy (non-hydrogen) atoms. The van der Waals surface area contributed by atoms with E-state index in [1.807, 2.05) is 46.0 Å². The van der Waals surface area contributed by atoms with Gasteiger partial charge in [0, 0.05) is 44.5 Å². The summed E-state index contributed by atoms with van der Waals surface area (Å²) in [7, 11) is 2.17. The fraction of sp³-hybridized carbons (Fsp3) is 0.391. The molecule has 0 spiro atoms. The minimum atomic E-state index is 0.245. The van der Waals surface area contributed by atoms with Gasteiger partial charge in [0.15, 0.2) is 0 Å². The van der Waals surface area contributed by atoms with Crippen LogP contribution in [0.3, 0.4) is 0 Å². The van der Waals surface area contributed by atoms with Crippen LogP contribution in [-0.2, 0) is 17.8 Å². The van der Waals surface area contributed by atoms with Gasteiger partial charge in [-0.05, 0) is 44.0 Å². The second-order valence-electron chi connectivity index (χ2n) is 7.73. The number of hydrogen-bond acceptors (Lipinski definition) is 3. The first kappa shape index (κ1) is 18.7. The molecule has 2 aromatic heterocycles. The zero-order valence-electron chi connectivity index (χ0n) is 16.5. The van der Waals surface area contributed by atoms with Crippen molar-refractivity contribution in [2.75, 3.05) is 20.1 Å². The van der Waals surface area contributed by atoms with Crippen molar-refractivity contribution in [3.63, 3.8) is 0 Å². The van der Waals surface area contributed by atoms with Crippen LogP contribution >= 0.6 is 0 Å². The summed E-state index contributed by atoms with van der Waals surface area (Å²) in [6.07, 6.45) is 7.46. The van der Waals surface area contributed by atoms with E-state index in [0.29, 0.717) is 18.9 Å². The number of benzene rings is 1. The summed E-state index contributed by atoms with van der Waals surface area (Å²) in [6.45, 7) is 2.63. The van der Waals surface area contributed by atoms with Crippen molar-refractivity contribution in [1.29, 1.82) is 0 Å². The van der Waals surface area contributed by atoms with Crippen molar-refractivity contribution >= 4 is 11.6 Å². The maximum Gasteiger partial charge on any atom is 0.223 e. The van der Waals surface area contributed by atoms with E-state index in [2.05, 4.69) is 41.2 Å². The van der Waals surface area contributed by atoms with Crippen molar-refractivity contribution in [2.24, 2.45) is 0 Å². The largest absolute Gasteiger partial charge is 0.341 e. The standard InChI is InChI=1S/C23H28N4O/c1-25(16-19-8-3-2-4-9-19)21-10-7-15-27(18-21)23(28)13-12-20-17-26-14-6-5-11-22(26)24-20/h2-6,8-9,11,14,17,21H,7,10,12-13,15-16,18H2,1H3/t21-/m1/s1. The molecule has 1 aliphatic heterocycles. The molecule has 1 fully saturated rings. The maximum atomic E-state index is 12.8. The molecule has 1 amide bonds. The van der Waals surface area contributed by atoms with Gasteiger partial charge in [-0.15, -0.1) is 0 Å². The predicted octanol–water partition coefficient (Wildman–Crippen LogP) is 3.39. The molecular formula is C23H28N4O. The van der Waals surface area contributed by atoms with Crippen molar-refractivity contribution in [1.82, 2.24) is 19.2 Å². The minimum absolute atomic E-state index is 0.245. The van der Waals surface area contributed by atoms with E-state index in [-0.39, 0.29) is 5.91 Å². The lowest BCUT2D eigenvalue weighted by Gasteiger charge is -2.37. The van der Waals surface area contributed by atoms with Crippen LogP contribution in [0.4, 0.5) is 0 Å². The van der Waals surface area contributed by atoms with Crippen LogP contribution in [0.1, 0.15) is 30.5 Å². The molecule has 4 rings (SSSR count). The highest BCUT2D eigenvalue weighted by Gasteiger charge is 2.26. The number of aromatic nitrogens is 2. The SMILES string of the molecule is CN(Cc1ccccc1)[C@@H]1CCCN(C(=O)CCc2cn3ccccc3n2)C1. The number of hydrogen-bond donors (Lipinski definition) is 0. The van der Waals surface area contributed by atoms with E-state index in [1.54, 1.807) is 0 Å². The summed E-state index contributed by atoms with van der Waals surface area (Å²) in [5.41, 5.74) is 3.24. The number of fused-ring (bicyclic) bond motifs is 1. The van der Waals surface area contributed by atoms with Gasteiger partial charge in [-0.2, -0.15) is 0 Å². The number of likely N-dealkylation sites (N-methyl/N-ethyl adjacent to an activating group) is 1. The van der Waals surface area contributed by atoms with Gasteiger partial charge < -0.3 is 9.30 Å². The van der Waals surface area contributed by atoms with Crippen LogP contribution in [0.25, 0.3) is 5.65 Å². The Morgan fingerprint density at radius 3 is 2.82 bits per heavy atom. The summed E-state index contributed by atoms with van der Waals surface area (Å²) < 4.78 is 2.01. The molecule has 5 nitrogen and oxygen atoms in total. The van der Waals surface area contributed by atoms with Gasteiger partial charge in [0.05, 0.1) is 5.69 Å². The first-order valence-corrected chi connectivity index (χ1v) is 10.1. The average molecular weight is 377 g/mol. The number of nitrogens with zero attached hydrogens (tertiary/aromatic N) is 4. The minimum Gasteiger partial charge on any atom is -0.341 e. The lowest BCUT2D eigenvalue weighted by atomic mass is 10.0. The third kappa shape index (κ3) is 4.42. The fourth-order valence-electron chi connectivity index (χ4n) is 4.04. The Kier molecular flexibility index (Phi) is 5.72. The summed E-state index contributed by atoms with van der Waals surface area (Å²) in [5.74, 6) is 0.245. The summed E-state index contributed by atoms with van der Waals surface area (Å²) in [5, 5.41) is 0. The molecule has 0 N–H and O–H groups in total. The van der Waals surface area contributed by atoms with E-state index in [1.165, 1.54) is 5.56 Å². The van der Waals surface area contributed by atoms with E-state index >= 15 is 0 Å². The monoisotopic (exact) mass is 376 g/mol. The van der Waals surface area contributed by atoms with Crippen LogP contribution in [0.15, 0.2) is 60.9 Å².